The second-order valence-electron chi connectivity index (χ2n) is 5.93. The van der Waals surface area contributed by atoms with Crippen LogP contribution in [0.25, 0.3) is 0 Å². The summed E-state index contributed by atoms with van der Waals surface area (Å²) in [4.78, 5) is 14.1. The minimum Gasteiger partial charge on any atom is -0.440 e. The van der Waals surface area contributed by atoms with E-state index in [9.17, 15) is 4.79 Å². The zero-order valence-electron chi connectivity index (χ0n) is 12.2. The van der Waals surface area contributed by atoms with Gasteiger partial charge in [0.15, 0.2) is 0 Å². The van der Waals surface area contributed by atoms with Crippen LogP contribution in [0, 0.1) is 11.8 Å². The van der Waals surface area contributed by atoms with E-state index >= 15 is 0 Å². The Morgan fingerprint density at radius 3 is 2.38 bits per heavy atom. The SMILES string of the molecule is C=C[C@H]1CC[C@H](C=C)C12CN(Cc1ccccc1)C(=O)O2. The van der Waals surface area contributed by atoms with Crippen LogP contribution in [0.4, 0.5) is 4.79 Å². The predicted molar refractivity (Wildman–Crippen MR) is 82.7 cm³/mol. The van der Waals surface area contributed by atoms with Gasteiger partial charge in [-0.25, -0.2) is 4.79 Å². The fourth-order valence-corrected chi connectivity index (χ4v) is 3.69. The summed E-state index contributed by atoms with van der Waals surface area (Å²) in [5.41, 5.74) is 0.657. The number of ether oxygens (including phenoxy) is 1. The quantitative estimate of drug-likeness (QED) is 0.787. The first kappa shape index (κ1) is 13.9. The molecule has 0 unspecified atom stereocenters. The van der Waals surface area contributed by atoms with Crippen molar-refractivity contribution in [3.8, 4) is 0 Å². The Bertz CT molecular complexity index is 536. The molecule has 1 spiro atoms. The van der Waals surface area contributed by atoms with Crippen molar-refractivity contribution in [2.24, 2.45) is 11.8 Å². The molecule has 21 heavy (non-hydrogen) atoms. The third-order valence-corrected chi connectivity index (χ3v) is 4.80. The molecular formula is C18H21NO2. The molecule has 3 nitrogen and oxygen atoms in total. The van der Waals surface area contributed by atoms with Gasteiger partial charge in [0.2, 0.25) is 0 Å². The minimum atomic E-state index is -0.463. The minimum absolute atomic E-state index is 0.213. The standard InChI is InChI=1S/C18H21NO2/c1-3-15-10-11-16(4-2)18(15)13-19(17(20)21-18)12-14-8-6-5-7-9-14/h3-9,15-16H,1-2,10-13H2/t15-,16-/m0/s1. The van der Waals surface area contributed by atoms with Crippen LogP contribution < -0.4 is 0 Å². The first-order valence-electron chi connectivity index (χ1n) is 7.46. The van der Waals surface area contributed by atoms with Crippen LogP contribution in [0.3, 0.4) is 0 Å². The molecule has 1 aliphatic carbocycles. The molecule has 3 heteroatoms. The maximum Gasteiger partial charge on any atom is 0.410 e. The van der Waals surface area contributed by atoms with E-state index in [1.165, 1.54) is 0 Å². The lowest BCUT2D eigenvalue weighted by atomic mass is 9.84. The van der Waals surface area contributed by atoms with E-state index in [0.29, 0.717) is 13.1 Å². The highest BCUT2D eigenvalue weighted by Crippen LogP contribution is 2.48. The van der Waals surface area contributed by atoms with E-state index in [4.69, 9.17) is 4.74 Å². The van der Waals surface area contributed by atoms with Crippen molar-refractivity contribution in [2.45, 2.75) is 25.0 Å². The van der Waals surface area contributed by atoms with Crippen molar-refractivity contribution < 1.29 is 9.53 Å². The molecule has 1 aromatic rings. The number of benzene rings is 1. The van der Waals surface area contributed by atoms with Crippen molar-refractivity contribution in [2.75, 3.05) is 6.54 Å². The molecule has 1 aromatic carbocycles. The average molecular weight is 283 g/mol. The van der Waals surface area contributed by atoms with E-state index in [0.717, 1.165) is 18.4 Å². The van der Waals surface area contributed by atoms with Gasteiger partial charge in [0.1, 0.15) is 5.60 Å². The van der Waals surface area contributed by atoms with E-state index in [1.807, 2.05) is 42.5 Å². The summed E-state index contributed by atoms with van der Waals surface area (Å²) in [5.74, 6) is 0.426. The predicted octanol–water partition coefficient (Wildman–Crippen LogP) is 3.78. The van der Waals surface area contributed by atoms with Gasteiger partial charge in [-0.1, -0.05) is 42.5 Å². The normalized spacial score (nSPS) is 26.9. The van der Waals surface area contributed by atoms with Crippen LogP contribution in [0.2, 0.25) is 0 Å². The Labute approximate surface area is 125 Å². The van der Waals surface area contributed by atoms with Crippen molar-refractivity contribution in [1.82, 2.24) is 4.90 Å². The van der Waals surface area contributed by atoms with Crippen LogP contribution in [0.5, 0.6) is 0 Å². The highest BCUT2D eigenvalue weighted by Gasteiger charge is 2.56. The van der Waals surface area contributed by atoms with E-state index < -0.39 is 5.60 Å². The molecular weight excluding hydrogens is 262 g/mol. The summed E-state index contributed by atoms with van der Waals surface area (Å²) >= 11 is 0. The van der Waals surface area contributed by atoms with Crippen molar-refractivity contribution in [3.05, 3.63) is 61.2 Å². The van der Waals surface area contributed by atoms with Crippen LogP contribution in [0.1, 0.15) is 18.4 Å². The van der Waals surface area contributed by atoms with Gasteiger partial charge in [0.25, 0.3) is 0 Å². The fraction of sp³-hybridized carbons (Fsp3) is 0.389. The third-order valence-electron chi connectivity index (χ3n) is 4.80. The molecule has 0 radical (unpaired) electrons. The number of carbonyl (C=O) groups excluding carboxylic acids is 1. The Morgan fingerprint density at radius 2 is 1.81 bits per heavy atom. The highest BCUT2D eigenvalue weighted by molar-refractivity contribution is 5.71. The lowest BCUT2D eigenvalue weighted by Gasteiger charge is -2.31. The second kappa shape index (κ2) is 5.40. The van der Waals surface area contributed by atoms with E-state index in [-0.39, 0.29) is 17.9 Å². The monoisotopic (exact) mass is 283 g/mol. The van der Waals surface area contributed by atoms with Gasteiger partial charge >= 0.3 is 6.09 Å². The molecule has 0 bridgehead atoms. The Hall–Kier alpha value is -2.03. The van der Waals surface area contributed by atoms with Gasteiger partial charge < -0.3 is 4.74 Å². The molecule has 2 atom stereocenters. The van der Waals surface area contributed by atoms with Gasteiger partial charge in [-0.3, -0.25) is 4.90 Å². The first-order valence-corrected chi connectivity index (χ1v) is 7.46. The number of hydrogen-bond donors (Lipinski definition) is 0. The molecule has 0 N–H and O–H groups in total. The molecule has 110 valence electrons. The topological polar surface area (TPSA) is 29.5 Å². The third kappa shape index (κ3) is 2.27. The van der Waals surface area contributed by atoms with Crippen molar-refractivity contribution in [3.63, 3.8) is 0 Å². The maximum atomic E-state index is 12.3. The summed E-state index contributed by atoms with van der Waals surface area (Å²) in [6.07, 6.45) is 5.66. The zero-order chi connectivity index (χ0) is 14.9. The summed E-state index contributed by atoms with van der Waals surface area (Å²) in [7, 11) is 0. The number of nitrogens with zero attached hydrogens (tertiary/aromatic N) is 1. The summed E-state index contributed by atoms with van der Waals surface area (Å²) < 4.78 is 5.85. The van der Waals surface area contributed by atoms with Gasteiger partial charge in [-0.2, -0.15) is 0 Å². The fourth-order valence-electron chi connectivity index (χ4n) is 3.69. The molecule has 2 fully saturated rings. The number of rotatable bonds is 4. The maximum absolute atomic E-state index is 12.3. The van der Waals surface area contributed by atoms with Gasteiger partial charge in [-0.15, -0.1) is 13.2 Å². The summed E-state index contributed by atoms with van der Waals surface area (Å²) in [5, 5.41) is 0. The van der Waals surface area contributed by atoms with E-state index in [2.05, 4.69) is 13.2 Å². The number of hydrogen-bond acceptors (Lipinski definition) is 2. The van der Waals surface area contributed by atoms with Crippen LogP contribution in [0.15, 0.2) is 55.6 Å². The second-order valence-corrected chi connectivity index (χ2v) is 5.93. The largest absolute Gasteiger partial charge is 0.440 e. The Balaban J connectivity index is 1.82. The van der Waals surface area contributed by atoms with Gasteiger partial charge in [0, 0.05) is 18.4 Å². The lowest BCUT2D eigenvalue weighted by Crippen LogP contribution is -2.42. The molecule has 1 saturated heterocycles. The average Bonchev–Trinajstić information content (AvgIpc) is 3.00. The number of amides is 1. The Kier molecular flexibility index (Phi) is 3.58. The Morgan fingerprint density at radius 1 is 1.19 bits per heavy atom. The van der Waals surface area contributed by atoms with Crippen LogP contribution in [-0.4, -0.2) is 23.1 Å². The number of carbonyl (C=O) groups is 1. The van der Waals surface area contributed by atoms with Gasteiger partial charge in [-0.05, 0) is 18.4 Å². The first-order chi connectivity index (χ1) is 10.2. The summed E-state index contributed by atoms with van der Waals surface area (Å²) in [6, 6.07) is 10.0. The summed E-state index contributed by atoms with van der Waals surface area (Å²) in [6.45, 7) is 9.05. The van der Waals surface area contributed by atoms with Crippen LogP contribution >= 0.6 is 0 Å². The highest BCUT2D eigenvalue weighted by atomic mass is 16.6. The van der Waals surface area contributed by atoms with E-state index in [1.54, 1.807) is 4.90 Å². The molecule has 1 aliphatic heterocycles. The van der Waals surface area contributed by atoms with Crippen molar-refractivity contribution in [1.29, 1.82) is 0 Å². The smallest absolute Gasteiger partial charge is 0.410 e. The molecule has 1 saturated carbocycles. The zero-order valence-corrected chi connectivity index (χ0v) is 12.2. The molecule has 1 heterocycles. The molecule has 2 aliphatic rings. The molecule has 1 amide bonds. The van der Waals surface area contributed by atoms with Gasteiger partial charge in [0.05, 0.1) is 6.54 Å². The van der Waals surface area contributed by atoms with Crippen molar-refractivity contribution >= 4 is 6.09 Å². The lowest BCUT2D eigenvalue weighted by molar-refractivity contribution is 0.0173. The molecule has 3 rings (SSSR count). The van der Waals surface area contributed by atoms with Crippen LogP contribution in [-0.2, 0) is 11.3 Å². The molecule has 0 aromatic heterocycles.